The molecule has 0 saturated carbocycles. The molecule has 124 valence electrons. The van der Waals surface area contributed by atoms with Crippen LogP contribution in [0.3, 0.4) is 0 Å². The van der Waals surface area contributed by atoms with Gasteiger partial charge < -0.3 is 14.0 Å². The molecule has 4 nitrogen and oxygen atoms in total. The second-order valence-corrected chi connectivity index (χ2v) is 5.65. The molecule has 0 fully saturated rings. The summed E-state index contributed by atoms with van der Waals surface area (Å²) in [6.45, 7) is 1.49. The van der Waals surface area contributed by atoms with Gasteiger partial charge in [0.1, 0.15) is 0 Å². The second-order valence-electron chi connectivity index (χ2n) is 5.65. The Morgan fingerprint density at radius 3 is 2.29 bits per heavy atom. The summed E-state index contributed by atoms with van der Waals surface area (Å²) < 4.78 is 12.5. The Kier molecular flexibility index (Phi) is 5.08. The Labute approximate surface area is 141 Å². The molecule has 0 spiro atoms. The molecule has 0 aliphatic heterocycles. The highest BCUT2D eigenvalue weighted by atomic mass is 16.5. The summed E-state index contributed by atoms with van der Waals surface area (Å²) in [5.41, 5.74) is 2.94. The molecule has 3 aromatic rings. The summed E-state index contributed by atoms with van der Waals surface area (Å²) in [5, 5.41) is 1.65. The maximum Gasteiger partial charge on any atom is 0.258 e. The van der Waals surface area contributed by atoms with E-state index in [1.807, 2.05) is 61.6 Å². The van der Waals surface area contributed by atoms with E-state index in [0.29, 0.717) is 25.2 Å². The normalized spacial score (nSPS) is 11.1. The minimum absolute atomic E-state index is 0.00472. The first-order valence-corrected chi connectivity index (χ1v) is 7.96. The number of aromatic nitrogens is 1. The second kappa shape index (κ2) is 7.43. The Morgan fingerprint density at radius 2 is 1.58 bits per heavy atom. The van der Waals surface area contributed by atoms with Gasteiger partial charge in [-0.3, -0.25) is 4.79 Å². The maximum atomic E-state index is 12.8. The first-order valence-electron chi connectivity index (χ1n) is 7.96. The third-order valence-electron chi connectivity index (χ3n) is 4.13. The smallest absolute Gasteiger partial charge is 0.258 e. The molecule has 0 atom stereocenters. The monoisotopic (exact) mass is 323 g/mol. The first-order chi connectivity index (χ1) is 11.7. The molecular weight excluding hydrogens is 302 g/mol. The number of hydrogen-bond donors (Lipinski definition) is 0. The average Bonchev–Trinajstić information content (AvgIpc) is 2.63. The Hall–Kier alpha value is -2.43. The fraction of sp³-hybridized carbons (Fsp3) is 0.250. The van der Waals surface area contributed by atoms with Gasteiger partial charge >= 0.3 is 0 Å². The van der Waals surface area contributed by atoms with Crippen LogP contribution in [0.25, 0.3) is 22.0 Å². The van der Waals surface area contributed by atoms with Gasteiger partial charge in [0, 0.05) is 25.1 Å². The van der Waals surface area contributed by atoms with Gasteiger partial charge in [-0.25, -0.2) is 0 Å². The van der Waals surface area contributed by atoms with Crippen molar-refractivity contribution in [1.82, 2.24) is 4.57 Å². The van der Waals surface area contributed by atoms with Gasteiger partial charge in [-0.15, -0.1) is 0 Å². The number of ether oxygens (including phenoxy) is 2. The lowest BCUT2D eigenvalue weighted by molar-refractivity contribution is 0.0621. The van der Waals surface area contributed by atoms with E-state index in [9.17, 15) is 4.79 Å². The van der Waals surface area contributed by atoms with Crippen molar-refractivity contribution >= 4 is 10.8 Å². The van der Waals surface area contributed by atoms with E-state index in [-0.39, 0.29) is 5.56 Å². The zero-order chi connectivity index (χ0) is 16.9. The van der Waals surface area contributed by atoms with Crippen LogP contribution in [-0.2, 0) is 23.1 Å². The van der Waals surface area contributed by atoms with Crippen LogP contribution >= 0.6 is 0 Å². The van der Waals surface area contributed by atoms with Crippen molar-refractivity contribution in [2.75, 3.05) is 20.3 Å². The molecule has 0 N–H and O–H groups in total. The van der Waals surface area contributed by atoms with E-state index in [0.717, 1.165) is 22.2 Å². The first kappa shape index (κ1) is 16.4. The topological polar surface area (TPSA) is 40.5 Å². The summed E-state index contributed by atoms with van der Waals surface area (Å²) in [6, 6.07) is 17.6. The summed E-state index contributed by atoms with van der Waals surface area (Å²) in [4.78, 5) is 12.8. The highest BCUT2D eigenvalue weighted by Crippen LogP contribution is 2.28. The van der Waals surface area contributed by atoms with Gasteiger partial charge in [0.2, 0.25) is 0 Å². The van der Waals surface area contributed by atoms with E-state index in [4.69, 9.17) is 9.47 Å². The zero-order valence-electron chi connectivity index (χ0n) is 14.0. The SMILES string of the molecule is COCCOCc1c(-c2ccccc2)n(C)c(=O)c2ccccc12. The number of methoxy groups -OCH3 is 1. The third-order valence-corrected chi connectivity index (χ3v) is 4.13. The van der Waals surface area contributed by atoms with Crippen LogP contribution in [0.2, 0.25) is 0 Å². The summed E-state index contributed by atoms with van der Waals surface area (Å²) in [5.74, 6) is 0. The van der Waals surface area contributed by atoms with E-state index in [1.54, 1.807) is 11.7 Å². The summed E-state index contributed by atoms with van der Waals surface area (Å²) in [6.07, 6.45) is 0. The number of pyridine rings is 1. The van der Waals surface area contributed by atoms with Crippen LogP contribution in [0.5, 0.6) is 0 Å². The molecule has 1 heterocycles. The quantitative estimate of drug-likeness (QED) is 0.653. The molecule has 24 heavy (non-hydrogen) atoms. The van der Waals surface area contributed by atoms with Crippen LogP contribution in [0, 0.1) is 0 Å². The molecule has 4 heteroatoms. The predicted octanol–water partition coefficient (Wildman–Crippen LogP) is 3.37. The summed E-state index contributed by atoms with van der Waals surface area (Å²) >= 11 is 0. The van der Waals surface area contributed by atoms with Gasteiger partial charge in [-0.1, -0.05) is 48.5 Å². The van der Waals surface area contributed by atoms with E-state index < -0.39 is 0 Å². The van der Waals surface area contributed by atoms with Gasteiger partial charge in [0.15, 0.2) is 0 Å². The Balaban J connectivity index is 2.20. The van der Waals surface area contributed by atoms with Crippen LogP contribution < -0.4 is 5.56 Å². The lowest BCUT2D eigenvalue weighted by Crippen LogP contribution is -2.21. The van der Waals surface area contributed by atoms with Gasteiger partial charge in [-0.2, -0.15) is 0 Å². The van der Waals surface area contributed by atoms with Crippen LogP contribution in [0.15, 0.2) is 59.4 Å². The molecule has 0 saturated heterocycles. The van der Waals surface area contributed by atoms with Crippen LogP contribution in [0.4, 0.5) is 0 Å². The van der Waals surface area contributed by atoms with Crippen molar-refractivity contribution in [2.24, 2.45) is 7.05 Å². The largest absolute Gasteiger partial charge is 0.382 e. The highest BCUT2D eigenvalue weighted by Gasteiger charge is 2.16. The zero-order valence-corrected chi connectivity index (χ0v) is 14.0. The van der Waals surface area contributed by atoms with E-state index in [2.05, 4.69) is 0 Å². The molecule has 1 aromatic heterocycles. The van der Waals surface area contributed by atoms with Crippen molar-refractivity contribution < 1.29 is 9.47 Å². The van der Waals surface area contributed by atoms with Crippen molar-refractivity contribution in [2.45, 2.75) is 6.61 Å². The number of nitrogens with zero attached hydrogens (tertiary/aromatic N) is 1. The minimum Gasteiger partial charge on any atom is -0.382 e. The number of benzene rings is 2. The van der Waals surface area contributed by atoms with Crippen molar-refractivity contribution in [3.05, 3.63) is 70.5 Å². The highest BCUT2D eigenvalue weighted by molar-refractivity contribution is 5.89. The fourth-order valence-corrected chi connectivity index (χ4v) is 2.97. The number of fused-ring (bicyclic) bond motifs is 1. The number of rotatable bonds is 6. The lowest BCUT2D eigenvalue weighted by atomic mass is 9.99. The Morgan fingerprint density at radius 1 is 0.917 bits per heavy atom. The third kappa shape index (κ3) is 3.11. The molecule has 0 aliphatic carbocycles. The molecule has 0 bridgehead atoms. The fourth-order valence-electron chi connectivity index (χ4n) is 2.97. The van der Waals surface area contributed by atoms with Gasteiger partial charge in [0.25, 0.3) is 5.56 Å². The molecule has 3 rings (SSSR count). The standard InChI is InChI=1S/C20H21NO3/c1-21-19(15-8-4-3-5-9-15)18(14-24-13-12-23-2)16-10-6-7-11-17(16)20(21)22/h3-11H,12-14H2,1-2H3. The van der Waals surface area contributed by atoms with E-state index >= 15 is 0 Å². The molecule has 0 amide bonds. The maximum absolute atomic E-state index is 12.8. The van der Waals surface area contributed by atoms with Crippen molar-refractivity contribution in [1.29, 1.82) is 0 Å². The van der Waals surface area contributed by atoms with E-state index in [1.165, 1.54) is 0 Å². The van der Waals surface area contributed by atoms with Gasteiger partial charge in [-0.05, 0) is 17.0 Å². The van der Waals surface area contributed by atoms with Crippen molar-refractivity contribution in [3.63, 3.8) is 0 Å². The molecule has 0 unspecified atom stereocenters. The lowest BCUT2D eigenvalue weighted by Gasteiger charge is -2.17. The molecule has 0 aliphatic rings. The molecule has 2 aromatic carbocycles. The predicted molar refractivity (Wildman–Crippen MR) is 96.2 cm³/mol. The molecular formula is C20H21NO3. The Bertz CT molecular complexity index is 885. The van der Waals surface area contributed by atoms with Crippen LogP contribution in [0.1, 0.15) is 5.56 Å². The van der Waals surface area contributed by atoms with Gasteiger partial charge in [0.05, 0.1) is 25.5 Å². The minimum atomic E-state index is 0.00472. The average molecular weight is 323 g/mol. The number of hydrogen-bond acceptors (Lipinski definition) is 3. The van der Waals surface area contributed by atoms with Crippen LogP contribution in [-0.4, -0.2) is 24.9 Å². The summed E-state index contributed by atoms with van der Waals surface area (Å²) in [7, 11) is 3.47. The van der Waals surface area contributed by atoms with Crippen molar-refractivity contribution in [3.8, 4) is 11.3 Å². The molecule has 0 radical (unpaired) electrons.